The van der Waals surface area contributed by atoms with Crippen molar-refractivity contribution in [3.05, 3.63) is 76.4 Å². The molecule has 0 aromatic heterocycles. The molecule has 7 atom stereocenters. The Hall–Kier alpha value is -4.01. The van der Waals surface area contributed by atoms with Crippen molar-refractivity contribution in [2.75, 3.05) is 12.4 Å². The molecule has 3 amide bonds. The number of hydrogen-bond donors (Lipinski definition) is 1. The Morgan fingerprint density at radius 3 is 2.31 bits per heavy atom. The van der Waals surface area contributed by atoms with Crippen molar-refractivity contribution in [1.29, 1.82) is 0 Å². The number of benzene rings is 2. The molecular weight excluding hydrogens is 462 g/mol. The molecule has 2 aromatic carbocycles. The molecule has 9 nitrogen and oxygen atoms in total. The van der Waals surface area contributed by atoms with Crippen LogP contribution in [0.1, 0.15) is 12.0 Å². The van der Waals surface area contributed by atoms with E-state index >= 15 is 0 Å². The van der Waals surface area contributed by atoms with E-state index in [0.717, 1.165) is 12.0 Å². The van der Waals surface area contributed by atoms with Crippen LogP contribution in [0.4, 0.5) is 11.4 Å². The first-order valence-corrected chi connectivity index (χ1v) is 12.1. The van der Waals surface area contributed by atoms with Gasteiger partial charge in [-0.1, -0.05) is 42.5 Å². The quantitative estimate of drug-likeness (QED) is 0.277. The molecule has 2 bridgehead atoms. The zero-order valence-electron chi connectivity index (χ0n) is 19.6. The van der Waals surface area contributed by atoms with E-state index in [1.54, 1.807) is 0 Å². The van der Waals surface area contributed by atoms with Crippen LogP contribution in [0.5, 0.6) is 5.75 Å². The molecule has 2 aromatic rings. The van der Waals surface area contributed by atoms with Gasteiger partial charge >= 0.3 is 0 Å². The lowest BCUT2D eigenvalue weighted by Gasteiger charge is -2.37. The summed E-state index contributed by atoms with van der Waals surface area (Å²) in [6.45, 7) is 0. The molecule has 9 heteroatoms. The minimum absolute atomic E-state index is 0.0571. The van der Waals surface area contributed by atoms with Crippen LogP contribution in [0.25, 0.3) is 0 Å². The lowest BCUT2D eigenvalue weighted by atomic mass is 9.63. The SMILES string of the molecule is COc1cc([N+](=O)[O-])ccc1NC(=O)[C@H](Cc1ccccc1)N1C(=O)[C@H]2[C@@H]3C=C[C@H]([C@H]4C[C@H]34)[C@@H]2C1=O. The minimum Gasteiger partial charge on any atom is -0.494 e. The topological polar surface area (TPSA) is 119 Å². The van der Waals surface area contributed by atoms with E-state index in [2.05, 4.69) is 17.5 Å². The number of rotatable bonds is 7. The number of non-ortho nitro benzene ring substituents is 1. The fraction of sp³-hybridized carbons (Fsp3) is 0.370. The van der Waals surface area contributed by atoms with Crippen molar-refractivity contribution in [2.24, 2.45) is 35.5 Å². The van der Waals surface area contributed by atoms with Crippen molar-refractivity contribution in [3.63, 3.8) is 0 Å². The van der Waals surface area contributed by atoms with E-state index in [9.17, 15) is 24.5 Å². The summed E-state index contributed by atoms with van der Waals surface area (Å²) in [7, 11) is 1.35. The lowest BCUT2D eigenvalue weighted by molar-refractivity contribution is -0.384. The summed E-state index contributed by atoms with van der Waals surface area (Å²) in [5.74, 6) is -0.756. The summed E-state index contributed by atoms with van der Waals surface area (Å²) >= 11 is 0. The lowest BCUT2D eigenvalue weighted by Crippen LogP contribution is -2.49. The molecule has 1 saturated heterocycles. The van der Waals surface area contributed by atoms with Gasteiger partial charge in [0.2, 0.25) is 17.7 Å². The number of carbonyl (C=O) groups excluding carboxylic acids is 3. The van der Waals surface area contributed by atoms with Gasteiger partial charge < -0.3 is 10.1 Å². The predicted molar refractivity (Wildman–Crippen MR) is 129 cm³/mol. The molecule has 2 saturated carbocycles. The first kappa shape index (κ1) is 22.5. The van der Waals surface area contributed by atoms with Crippen molar-refractivity contribution in [1.82, 2.24) is 4.90 Å². The third kappa shape index (κ3) is 3.41. The third-order valence-electron chi connectivity index (χ3n) is 8.24. The number of methoxy groups -OCH3 is 1. The average Bonchev–Trinajstić information content (AvgIpc) is 3.67. The molecule has 0 radical (unpaired) electrons. The highest BCUT2D eigenvalue weighted by molar-refractivity contribution is 6.11. The molecule has 1 aliphatic heterocycles. The van der Waals surface area contributed by atoms with Crippen molar-refractivity contribution >= 4 is 29.1 Å². The normalized spacial score (nSPS) is 30.0. The number of anilines is 1. The molecule has 36 heavy (non-hydrogen) atoms. The van der Waals surface area contributed by atoms with Crippen LogP contribution in [0.2, 0.25) is 0 Å². The van der Waals surface area contributed by atoms with Crippen LogP contribution in [0.3, 0.4) is 0 Å². The molecule has 1 N–H and O–H groups in total. The van der Waals surface area contributed by atoms with Crippen LogP contribution in [0.15, 0.2) is 60.7 Å². The van der Waals surface area contributed by atoms with Crippen LogP contribution < -0.4 is 10.1 Å². The summed E-state index contributed by atoms with van der Waals surface area (Å²) < 4.78 is 5.26. The largest absolute Gasteiger partial charge is 0.494 e. The number of ether oxygens (including phenoxy) is 1. The van der Waals surface area contributed by atoms with Gasteiger partial charge in [0.1, 0.15) is 11.8 Å². The van der Waals surface area contributed by atoms with Gasteiger partial charge in [0.15, 0.2) is 0 Å². The second kappa shape index (κ2) is 8.29. The summed E-state index contributed by atoms with van der Waals surface area (Å²) in [6, 6.07) is 12.1. The van der Waals surface area contributed by atoms with Gasteiger partial charge in [0.25, 0.3) is 5.69 Å². The summed E-state index contributed by atoms with van der Waals surface area (Å²) in [4.78, 5) is 52.9. The molecule has 5 aliphatic rings. The van der Waals surface area contributed by atoms with Crippen LogP contribution in [-0.4, -0.2) is 40.7 Å². The Morgan fingerprint density at radius 2 is 1.72 bits per heavy atom. The van der Waals surface area contributed by atoms with Gasteiger partial charge in [0.05, 0.1) is 35.6 Å². The number of nitro groups is 1. The number of hydrogen-bond acceptors (Lipinski definition) is 6. The molecular formula is C27H25N3O6. The van der Waals surface area contributed by atoms with E-state index in [-0.39, 0.29) is 47.2 Å². The zero-order chi connectivity index (χ0) is 25.1. The molecule has 0 spiro atoms. The first-order chi connectivity index (χ1) is 17.4. The number of nitro benzene ring substituents is 1. The maximum absolute atomic E-state index is 13.7. The van der Waals surface area contributed by atoms with E-state index in [0.29, 0.717) is 11.8 Å². The predicted octanol–water partition coefficient (Wildman–Crippen LogP) is 3.21. The second-order valence-electron chi connectivity index (χ2n) is 10.0. The third-order valence-corrected chi connectivity index (χ3v) is 8.24. The maximum Gasteiger partial charge on any atom is 0.273 e. The Labute approximate surface area is 207 Å². The van der Waals surface area contributed by atoms with Crippen molar-refractivity contribution in [3.8, 4) is 5.75 Å². The maximum atomic E-state index is 13.7. The zero-order valence-corrected chi connectivity index (χ0v) is 19.6. The molecule has 4 aliphatic carbocycles. The number of amides is 3. The highest BCUT2D eigenvalue weighted by atomic mass is 16.6. The van der Waals surface area contributed by atoms with Gasteiger partial charge in [-0.2, -0.15) is 0 Å². The number of imide groups is 1. The van der Waals surface area contributed by atoms with Crippen molar-refractivity contribution in [2.45, 2.75) is 18.9 Å². The number of allylic oxidation sites excluding steroid dienone is 2. The average molecular weight is 488 g/mol. The smallest absolute Gasteiger partial charge is 0.273 e. The Bertz CT molecular complexity index is 1270. The second-order valence-corrected chi connectivity index (χ2v) is 10.0. The summed E-state index contributed by atoms with van der Waals surface area (Å²) in [5, 5.41) is 13.9. The molecule has 0 unspecified atom stereocenters. The van der Waals surface area contributed by atoms with E-state index in [4.69, 9.17) is 4.74 Å². The Balaban J connectivity index is 1.33. The Morgan fingerprint density at radius 1 is 1.08 bits per heavy atom. The monoisotopic (exact) mass is 487 g/mol. The Kier molecular flexibility index (Phi) is 5.17. The summed E-state index contributed by atoms with van der Waals surface area (Å²) in [5.41, 5.74) is 0.861. The minimum atomic E-state index is -1.06. The molecule has 7 rings (SSSR count). The highest BCUT2D eigenvalue weighted by Crippen LogP contribution is 2.65. The van der Waals surface area contributed by atoms with Gasteiger partial charge in [-0.3, -0.25) is 29.4 Å². The number of nitrogens with zero attached hydrogens (tertiary/aromatic N) is 2. The number of carbonyl (C=O) groups is 3. The standard InChI is InChI=1S/C27H25N3O6/c1-36-22-12-15(30(34)35)7-10-20(22)28-25(31)21(11-14-5-3-2-4-6-14)29-26(32)23-16-8-9-17(19-13-18(16)19)24(23)27(29)33/h2-10,12,16-19,21,23-24H,11,13H2,1H3,(H,28,31)/t16-,17-,18-,19-,21+,23+,24+/m1/s1. The first-order valence-electron chi connectivity index (χ1n) is 12.1. The van der Waals surface area contributed by atoms with Gasteiger partial charge in [-0.25, -0.2) is 0 Å². The van der Waals surface area contributed by atoms with Crippen LogP contribution in [-0.2, 0) is 20.8 Å². The number of likely N-dealkylation sites (tertiary alicyclic amines) is 1. The highest BCUT2D eigenvalue weighted by Gasteiger charge is 2.67. The van der Waals surface area contributed by atoms with E-state index in [1.807, 2.05) is 30.3 Å². The molecule has 3 fully saturated rings. The van der Waals surface area contributed by atoms with Gasteiger partial charge in [-0.05, 0) is 41.7 Å². The van der Waals surface area contributed by atoms with E-state index in [1.165, 1.54) is 30.2 Å². The van der Waals surface area contributed by atoms with Crippen molar-refractivity contribution < 1.29 is 24.0 Å². The fourth-order valence-electron chi connectivity index (χ4n) is 6.54. The van der Waals surface area contributed by atoms with Crippen LogP contribution in [0, 0.1) is 45.6 Å². The number of nitrogens with one attached hydrogen (secondary N) is 1. The fourth-order valence-corrected chi connectivity index (χ4v) is 6.54. The van der Waals surface area contributed by atoms with Crippen LogP contribution >= 0.6 is 0 Å². The van der Waals surface area contributed by atoms with E-state index < -0.39 is 28.7 Å². The molecule has 184 valence electrons. The van der Waals surface area contributed by atoms with Gasteiger partial charge in [0, 0.05) is 12.5 Å². The summed E-state index contributed by atoms with van der Waals surface area (Å²) in [6.07, 6.45) is 5.42. The molecule has 1 heterocycles. The van der Waals surface area contributed by atoms with Gasteiger partial charge in [-0.15, -0.1) is 0 Å².